The van der Waals surface area contributed by atoms with Gasteiger partial charge in [0.15, 0.2) is 0 Å². The fraction of sp³-hybridized carbons (Fsp3) is 0.450. The van der Waals surface area contributed by atoms with Gasteiger partial charge in [-0.15, -0.1) is 0 Å². The van der Waals surface area contributed by atoms with Crippen molar-refractivity contribution < 1.29 is 0 Å². The van der Waals surface area contributed by atoms with Gasteiger partial charge in [0.25, 0.3) is 0 Å². The molecule has 3 nitrogen and oxygen atoms in total. The zero-order valence-electron chi connectivity index (χ0n) is 15.1. The van der Waals surface area contributed by atoms with E-state index in [0.717, 1.165) is 19.6 Å². The van der Waals surface area contributed by atoms with Crippen LogP contribution in [0.3, 0.4) is 0 Å². The molecule has 1 aliphatic heterocycles. The van der Waals surface area contributed by atoms with Crippen molar-refractivity contribution in [1.82, 2.24) is 9.29 Å². The third-order valence-corrected chi connectivity index (χ3v) is 5.80. The van der Waals surface area contributed by atoms with Gasteiger partial charge in [0.05, 0.1) is 0 Å². The van der Waals surface area contributed by atoms with Crippen LogP contribution in [0.1, 0.15) is 33.3 Å². The Morgan fingerprint density at radius 1 is 1.00 bits per heavy atom. The average molecular weight is 342 g/mol. The molecular formula is C20H27N3S. The van der Waals surface area contributed by atoms with Crippen LogP contribution in [0.25, 0.3) is 0 Å². The Morgan fingerprint density at radius 3 is 2.25 bits per heavy atom. The lowest BCUT2D eigenvalue weighted by molar-refractivity contribution is 0.336. The highest BCUT2D eigenvalue weighted by atomic mass is 32.2. The summed E-state index contributed by atoms with van der Waals surface area (Å²) in [5, 5.41) is 0. The predicted octanol–water partition coefficient (Wildman–Crippen LogP) is 4.60. The summed E-state index contributed by atoms with van der Waals surface area (Å²) < 4.78 is 2.50. The smallest absolute Gasteiger partial charge is 0.0398 e. The molecule has 3 rings (SSSR count). The maximum absolute atomic E-state index is 4.11. The maximum Gasteiger partial charge on any atom is 0.0398 e. The van der Waals surface area contributed by atoms with Crippen LogP contribution in [0.4, 0.5) is 5.69 Å². The lowest BCUT2D eigenvalue weighted by atomic mass is 9.87. The van der Waals surface area contributed by atoms with Crippen molar-refractivity contribution in [2.75, 3.05) is 24.5 Å². The van der Waals surface area contributed by atoms with Crippen molar-refractivity contribution in [2.45, 2.75) is 44.0 Å². The molecule has 1 saturated heterocycles. The lowest BCUT2D eigenvalue weighted by Gasteiger charge is -2.40. The van der Waals surface area contributed by atoms with Gasteiger partial charge < -0.3 is 4.90 Å². The molecule has 0 aliphatic carbocycles. The molecule has 0 bridgehead atoms. The van der Waals surface area contributed by atoms with Gasteiger partial charge >= 0.3 is 0 Å². The van der Waals surface area contributed by atoms with Gasteiger partial charge in [0.1, 0.15) is 0 Å². The average Bonchev–Trinajstić information content (AvgIpc) is 2.57. The van der Waals surface area contributed by atoms with E-state index in [9.17, 15) is 0 Å². The molecule has 24 heavy (non-hydrogen) atoms. The van der Waals surface area contributed by atoms with Gasteiger partial charge in [0, 0.05) is 48.7 Å². The first-order valence-corrected chi connectivity index (χ1v) is 9.41. The third-order valence-electron chi connectivity index (χ3n) is 4.54. The van der Waals surface area contributed by atoms with E-state index in [2.05, 4.69) is 78.3 Å². The van der Waals surface area contributed by atoms with Crippen LogP contribution in [0, 0.1) is 0 Å². The van der Waals surface area contributed by atoms with Crippen LogP contribution in [0.5, 0.6) is 0 Å². The minimum atomic E-state index is 0.215. The summed E-state index contributed by atoms with van der Waals surface area (Å²) in [5.41, 5.74) is 2.88. The van der Waals surface area contributed by atoms with E-state index in [1.54, 1.807) is 0 Å². The fourth-order valence-electron chi connectivity index (χ4n) is 3.02. The zero-order valence-corrected chi connectivity index (χ0v) is 15.9. The number of nitrogens with zero attached hydrogens (tertiary/aromatic N) is 3. The molecule has 128 valence electrons. The van der Waals surface area contributed by atoms with Gasteiger partial charge in [-0.3, -0.25) is 4.98 Å². The molecule has 0 amide bonds. The minimum Gasteiger partial charge on any atom is -0.369 e. The molecule has 0 N–H and O–H groups in total. The number of hydrogen-bond acceptors (Lipinski definition) is 4. The summed E-state index contributed by atoms with van der Waals surface area (Å²) in [6, 6.07) is 13.8. The molecule has 4 heteroatoms. The molecule has 1 atom stereocenters. The maximum atomic E-state index is 4.11. The Balaban J connectivity index is 1.61. The summed E-state index contributed by atoms with van der Waals surface area (Å²) in [4.78, 5) is 7.89. The quantitative estimate of drug-likeness (QED) is 0.760. The van der Waals surface area contributed by atoms with E-state index in [1.807, 2.05) is 24.3 Å². The highest BCUT2D eigenvalue weighted by Gasteiger charge is 2.24. The van der Waals surface area contributed by atoms with Gasteiger partial charge in [0.2, 0.25) is 0 Å². The van der Waals surface area contributed by atoms with Crippen LogP contribution < -0.4 is 4.90 Å². The second-order valence-electron chi connectivity index (χ2n) is 7.51. The SMILES string of the molecule is CC1CN(c2ccncc2)CCN1Sc1ccc(C(C)(C)C)cc1. The van der Waals surface area contributed by atoms with Crippen molar-refractivity contribution in [3.05, 3.63) is 54.4 Å². The van der Waals surface area contributed by atoms with Crippen LogP contribution in [0.2, 0.25) is 0 Å². The Morgan fingerprint density at radius 2 is 1.67 bits per heavy atom. The number of piperazine rings is 1. The number of benzene rings is 1. The summed E-state index contributed by atoms with van der Waals surface area (Å²) in [6.45, 7) is 12.3. The zero-order chi connectivity index (χ0) is 17.2. The molecule has 1 aromatic carbocycles. The topological polar surface area (TPSA) is 19.4 Å². The van der Waals surface area contributed by atoms with E-state index in [4.69, 9.17) is 0 Å². The van der Waals surface area contributed by atoms with E-state index in [-0.39, 0.29) is 5.41 Å². The summed E-state index contributed by atoms with van der Waals surface area (Å²) in [5.74, 6) is 0. The normalized spacial score (nSPS) is 19.5. The second-order valence-corrected chi connectivity index (χ2v) is 8.63. The number of pyridine rings is 1. The standard InChI is InChI=1S/C20H27N3S/c1-16-15-22(18-9-11-21-12-10-18)13-14-23(16)24-19-7-5-17(6-8-19)20(2,3)4/h5-12,16H,13-15H2,1-4H3. The summed E-state index contributed by atoms with van der Waals surface area (Å²) >= 11 is 1.88. The van der Waals surface area contributed by atoms with Crippen molar-refractivity contribution in [1.29, 1.82) is 0 Å². The molecule has 1 aliphatic rings. The summed E-state index contributed by atoms with van der Waals surface area (Å²) in [7, 11) is 0. The van der Waals surface area contributed by atoms with Crippen LogP contribution in [-0.2, 0) is 5.41 Å². The van der Waals surface area contributed by atoms with Crippen molar-refractivity contribution in [3.63, 3.8) is 0 Å². The molecule has 0 saturated carbocycles. The van der Waals surface area contributed by atoms with E-state index in [1.165, 1.54) is 16.1 Å². The van der Waals surface area contributed by atoms with Crippen LogP contribution in [-0.4, -0.2) is 35.0 Å². The minimum absolute atomic E-state index is 0.215. The Hall–Kier alpha value is -1.52. The fourth-order valence-corrected chi connectivity index (χ4v) is 3.97. The van der Waals surface area contributed by atoms with E-state index < -0.39 is 0 Å². The molecule has 1 aromatic heterocycles. The Kier molecular flexibility index (Phi) is 5.16. The highest BCUT2D eigenvalue weighted by molar-refractivity contribution is 7.97. The molecule has 2 heterocycles. The molecule has 0 spiro atoms. The first kappa shape index (κ1) is 17.3. The molecular weight excluding hydrogens is 314 g/mol. The van der Waals surface area contributed by atoms with Gasteiger partial charge in [-0.1, -0.05) is 32.9 Å². The second kappa shape index (κ2) is 7.16. The lowest BCUT2D eigenvalue weighted by Crippen LogP contribution is -2.49. The van der Waals surface area contributed by atoms with E-state index >= 15 is 0 Å². The predicted molar refractivity (Wildman–Crippen MR) is 104 cm³/mol. The summed E-state index contributed by atoms with van der Waals surface area (Å²) in [6.07, 6.45) is 3.75. The Bertz CT molecular complexity index is 649. The number of rotatable bonds is 3. The first-order valence-electron chi connectivity index (χ1n) is 8.63. The first-order chi connectivity index (χ1) is 11.4. The van der Waals surface area contributed by atoms with Crippen LogP contribution in [0.15, 0.2) is 53.7 Å². The monoisotopic (exact) mass is 341 g/mol. The highest BCUT2D eigenvalue weighted by Crippen LogP contribution is 2.30. The molecule has 2 aromatic rings. The number of aromatic nitrogens is 1. The van der Waals surface area contributed by atoms with Crippen molar-refractivity contribution >= 4 is 17.6 Å². The molecule has 0 radical (unpaired) electrons. The number of hydrogen-bond donors (Lipinski definition) is 0. The third kappa shape index (κ3) is 4.11. The van der Waals surface area contributed by atoms with Gasteiger partial charge in [-0.05, 0) is 54.1 Å². The van der Waals surface area contributed by atoms with Crippen molar-refractivity contribution in [2.24, 2.45) is 0 Å². The van der Waals surface area contributed by atoms with Gasteiger partial charge in [-0.2, -0.15) is 0 Å². The Labute approximate surface area is 150 Å². The van der Waals surface area contributed by atoms with Crippen LogP contribution >= 0.6 is 11.9 Å². The number of anilines is 1. The van der Waals surface area contributed by atoms with Gasteiger partial charge in [-0.25, -0.2) is 4.31 Å². The molecule has 1 unspecified atom stereocenters. The van der Waals surface area contributed by atoms with E-state index in [0.29, 0.717) is 6.04 Å². The largest absolute Gasteiger partial charge is 0.369 e. The molecule has 1 fully saturated rings. The van der Waals surface area contributed by atoms with Crippen molar-refractivity contribution in [3.8, 4) is 0 Å².